The van der Waals surface area contributed by atoms with Gasteiger partial charge in [0.05, 0.1) is 26.1 Å². The fourth-order valence-corrected chi connectivity index (χ4v) is 2.13. The second-order valence-corrected chi connectivity index (χ2v) is 5.46. The van der Waals surface area contributed by atoms with Gasteiger partial charge in [-0.2, -0.15) is 10.2 Å². The minimum absolute atomic E-state index is 0.131. The number of carbonyl (C=O) groups excluding carboxylic acids is 1. The molecule has 0 bridgehead atoms. The average molecular weight is 379 g/mol. The highest BCUT2D eigenvalue weighted by Gasteiger charge is 2.19. The molecule has 0 saturated heterocycles. The number of ether oxygens (including phenoxy) is 3. The molecule has 8 heteroatoms. The molecule has 0 spiro atoms. The fraction of sp³-hybridized carbons (Fsp3) is 0.167. The van der Waals surface area contributed by atoms with Gasteiger partial charge >= 0.3 is 5.97 Å². The number of allylic oxidation sites excluding steroid dienone is 4. The van der Waals surface area contributed by atoms with E-state index in [1.54, 1.807) is 12.2 Å². The Kier molecular flexibility index (Phi) is 7.11. The van der Waals surface area contributed by atoms with E-state index in [1.165, 1.54) is 44.7 Å². The van der Waals surface area contributed by atoms with E-state index in [4.69, 9.17) is 21.1 Å². The smallest absolute Gasteiger partial charge is 0.377 e. The standard InChI is InChI=1S/C18H16ClFN2O4/c1-24-11-17(18(23)25-2)26-16-8-3-13(19)9-12(16)10-21-22-15-6-4-14(20)5-7-15/h3-8,10-11H,9H2,1-2H3. The monoisotopic (exact) mass is 378 g/mol. The lowest BCUT2D eigenvalue weighted by Crippen LogP contribution is -2.10. The third-order valence-corrected chi connectivity index (χ3v) is 3.40. The Labute approximate surface area is 154 Å². The summed E-state index contributed by atoms with van der Waals surface area (Å²) in [4.78, 5) is 11.7. The Morgan fingerprint density at radius 2 is 1.96 bits per heavy atom. The number of halogens is 2. The molecule has 0 radical (unpaired) electrons. The summed E-state index contributed by atoms with van der Waals surface area (Å²) in [5.74, 6) is -0.832. The lowest BCUT2D eigenvalue weighted by molar-refractivity contribution is -0.139. The summed E-state index contributed by atoms with van der Waals surface area (Å²) < 4.78 is 27.9. The minimum atomic E-state index is -0.694. The van der Waals surface area contributed by atoms with E-state index in [1.807, 2.05) is 0 Å². The van der Waals surface area contributed by atoms with Gasteiger partial charge in [0.15, 0.2) is 0 Å². The molecule has 1 aromatic carbocycles. The summed E-state index contributed by atoms with van der Waals surface area (Å²) in [5.41, 5.74) is 1.08. The van der Waals surface area contributed by atoms with Gasteiger partial charge in [0.25, 0.3) is 0 Å². The van der Waals surface area contributed by atoms with Crippen LogP contribution in [-0.2, 0) is 19.0 Å². The molecule has 1 aromatic rings. The number of hydrogen-bond acceptors (Lipinski definition) is 6. The van der Waals surface area contributed by atoms with E-state index >= 15 is 0 Å². The van der Waals surface area contributed by atoms with Crippen LogP contribution in [0.4, 0.5) is 10.1 Å². The van der Waals surface area contributed by atoms with Crippen molar-refractivity contribution in [2.75, 3.05) is 14.2 Å². The van der Waals surface area contributed by atoms with Gasteiger partial charge in [0.1, 0.15) is 17.8 Å². The summed E-state index contributed by atoms with van der Waals surface area (Å²) >= 11 is 6.05. The number of azo groups is 1. The van der Waals surface area contributed by atoms with Crippen molar-refractivity contribution in [2.45, 2.75) is 6.42 Å². The normalized spacial score (nSPS) is 16.3. The van der Waals surface area contributed by atoms with Crippen LogP contribution >= 0.6 is 11.6 Å². The Morgan fingerprint density at radius 3 is 2.62 bits per heavy atom. The first-order valence-electron chi connectivity index (χ1n) is 7.44. The van der Waals surface area contributed by atoms with Crippen molar-refractivity contribution in [1.29, 1.82) is 0 Å². The summed E-state index contributed by atoms with van der Waals surface area (Å²) in [6.07, 6.45) is 6.17. The van der Waals surface area contributed by atoms with Crippen molar-refractivity contribution in [1.82, 2.24) is 0 Å². The molecule has 0 amide bonds. The zero-order valence-electron chi connectivity index (χ0n) is 14.1. The van der Waals surface area contributed by atoms with Gasteiger partial charge < -0.3 is 14.2 Å². The molecular weight excluding hydrogens is 363 g/mol. The lowest BCUT2D eigenvalue weighted by atomic mass is 10.1. The number of methoxy groups -OCH3 is 2. The van der Waals surface area contributed by atoms with Crippen LogP contribution in [0.2, 0.25) is 0 Å². The Balaban J connectivity index is 2.21. The topological polar surface area (TPSA) is 69.5 Å². The summed E-state index contributed by atoms with van der Waals surface area (Å²) in [7, 11) is 2.61. The molecule has 0 heterocycles. The van der Waals surface area contributed by atoms with Gasteiger partial charge in [-0.1, -0.05) is 11.6 Å². The van der Waals surface area contributed by atoms with E-state index in [9.17, 15) is 9.18 Å². The highest BCUT2D eigenvalue weighted by atomic mass is 35.5. The van der Waals surface area contributed by atoms with Crippen molar-refractivity contribution >= 4 is 23.3 Å². The average Bonchev–Trinajstić information content (AvgIpc) is 2.64. The second-order valence-electron chi connectivity index (χ2n) is 4.98. The quantitative estimate of drug-likeness (QED) is 0.306. The first-order chi connectivity index (χ1) is 12.5. The number of nitrogens with zero attached hydrogens (tertiary/aromatic N) is 2. The molecule has 0 atom stereocenters. The molecule has 2 rings (SSSR count). The molecule has 6 nitrogen and oxygen atoms in total. The van der Waals surface area contributed by atoms with Crippen LogP contribution < -0.4 is 0 Å². The Hall–Kier alpha value is -2.93. The van der Waals surface area contributed by atoms with Crippen LogP contribution in [0, 0.1) is 5.82 Å². The first kappa shape index (κ1) is 19.4. The molecule has 0 aromatic heterocycles. The summed E-state index contributed by atoms with van der Waals surface area (Å²) in [6, 6.07) is 5.56. The van der Waals surface area contributed by atoms with Crippen molar-refractivity contribution in [3.63, 3.8) is 0 Å². The SMILES string of the molecule is COC=C(OC1=CC=C(Cl)CC1=CN=Nc1ccc(F)cc1)C(=O)OC. The maximum atomic E-state index is 12.9. The number of rotatable bonds is 6. The van der Waals surface area contributed by atoms with Crippen LogP contribution in [0.1, 0.15) is 6.42 Å². The fourth-order valence-electron chi connectivity index (χ4n) is 1.92. The van der Waals surface area contributed by atoms with Crippen LogP contribution in [0.15, 0.2) is 81.2 Å². The first-order valence-corrected chi connectivity index (χ1v) is 7.82. The molecule has 0 saturated carbocycles. The molecule has 0 aliphatic heterocycles. The number of carbonyl (C=O) groups is 1. The number of benzene rings is 1. The highest BCUT2D eigenvalue weighted by Crippen LogP contribution is 2.29. The van der Waals surface area contributed by atoms with E-state index in [2.05, 4.69) is 15.0 Å². The predicted octanol–water partition coefficient (Wildman–Crippen LogP) is 4.88. The van der Waals surface area contributed by atoms with E-state index in [0.29, 0.717) is 28.5 Å². The van der Waals surface area contributed by atoms with E-state index in [0.717, 1.165) is 6.26 Å². The predicted molar refractivity (Wildman–Crippen MR) is 93.8 cm³/mol. The van der Waals surface area contributed by atoms with Gasteiger partial charge in [0.2, 0.25) is 5.76 Å². The highest BCUT2D eigenvalue weighted by molar-refractivity contribution is 6.30. The molecule has 1 aliphatic carbocycles. The van der Waals surface area contributed by atoms with E-state index in [-0.39, 0.29) is 11.6 Å². The van der Waals surface area contributed by atoms with Gasteiger partial charge in [-0.25, -0.2) is 9.18 Å². The van der Waals surface area contributed by atoms with Gasteiger partial charge in [-0.3, -0.25) is 0 Å². The minimum Gasteiger partial charge on any atom is -0.500 e. The summed E-state index contributed by atoms with van der Waals surface area (Å²) in [6.45, 7) is 0. The Morgan fingerprint density at radius 1 is 1.23 bits per heavy atom. The number of esters is 1. The number of hydrogen-bond donors (Lipinski definition) is 0. The van der Waals surface area contributed by atoms with Crippen LogP contribution in [-0.4, -0.2) is 20.2 Å². The zero-order chi connectivity index (χ0) is 18.9. The molecular formula is C18H16ClFN2O4. The molecule has 1 aliphatic rings. The third kappa shape index (κ3) is 5.56. The van der Waals surface area contributed by atoms with Crippen LogP contribution in [0.25, 0.3) is 0 Å². The van der Waals surface area contributed by atoms with Crippen LogP contribution in [0.3, 0.4) is 0 Å². The largest absolute Gasteiger partial charge is 0.500 e. The van der Waals surface area contributed by atoms with Crippen LogP contribution in [0.5, 0.6) is 0 Å². The zero-order valence-corrected chi connectivity index (χ0v) is 14.9. The Bertz CT molecular complexity index is 811. The van der Waals surface area contributed by atoms with Crippen molar-refractivity contribution in [2.24, 2.45) is 10.2 Å². The van der Waals surface area contributed by atoms with Gasteiger partial charge in [-0.15, -0.1) is 0 Å². The third-order valence-electron chi connectivity index (χ3n) is 3.14. The lowest BCUT2D eigenvalue weighted by Gasteiger charge is -2.16. The maximum Gasteiger partial charge on any atom is 0.377 e. The molecule has 0 unspecified atom stereocenters. The van der Waals surface area contributed by atoms with Gasteiger partial charge in [-0.05, 0) is 36.4 Å². The molecule has 0 fully saturated rings. The van der Waals surface area contributed by atoms with Crippen molar-refractivity contribution < 1.29 is 23.4 Å². The molecule has 26 heavy (non-hydrogen) atoms. The molecule has 136 valence electrons. The summed E-state index contributed by atoms with van der Waals surface area (Å²) in [5, 5.41) is 8.50. The van der Waals surface area contributed by atoms with Crippen molar-refractivity contribution in [3.05, 3.63) is 76.8 Å². The van der Waals surface area contributed by atoms with E-state index < -0.39 is 5.97 Å². The van der Waals surface area contributed by atoms with Crippen molar-refractivity contribution in [3.8, 4) is 0 Å². The second kappa shape index (κ2) is 9.53. The van der Waals surface area contributed by atoms with Gasteiger partial charge in [0, 0.05) is 17.0 Å². The maximum absolute atomic E-state index is 12.9. The molecule has 0 N–H and O–H groups in total.